The van der Waals surface area contributed by atoms with Gasteiger partial charge in [-0.15, -0.1) is 0 Å². The first-order chi connectivity index (χ1) is 9.54. The highest BCUT2D eigenvalue weighted by atomic mass is 16.4. The summed E-state index contributed by atoms with van der Waals surface area (Å²) in [5.41, 5.74) is 1.62. The van der Waals surface area contributed by atoms with Gasteiger partial charge in [-0.2, -0.15) is 0 Å². The minimum atomic E-state index is -1.00. The quantitative estimate of drug-likeness (QED) is 0.751. The van der Waals surface area contributed by atoms with Crippen molar-refractivity contribution in [2.24, 2.45) is 0 Å². The molecule has 0 radical (unpaired) electrons. The molecule has 0 aliphatic carbocycles. The number of carboxylic acids is 1. The molecule has 0 saturated heterocycles. The van der Waals surface area contributed by atoms with Gasteiger partial charge in [0.1, 0.15) is 6.04 Å². The molecule has 108 valence electrons. The second kappa shape index (κ2) is 8.15. The molecule has 1 aromatic carbocycles. The van der Waals surface area contributed by atoms with Crippen LogP contribution in [0.3, 0.4) is 0 Å². The van der Waals surface area contributed by atoms with Gasteiger partial charge >= 0.3 is 5.97 Å². The molecule has 0 aliphatic rings. The number of aryl methyl sites for hydroxylation is 1. The first kappa shape index (κ1) is 16.0. The summed E-state index contributed by atoms with van der Waals surface area (Å²) in [4.78, 5) is 23.0. The van der Waals surface area contributed by atoms with Crippen molar-refractivity contribution in [2.75, 3.05) is 0 Å². The summed E-state index contributed by atoms with van der Waals surface area (Å²) in [6.07, 6.45) is 3.53. The van der Waals surface area contributed by atoms with E-state index < -0.39 is 12.0 Å². The maximum atomic E-state index is 11.8. The fourth-order valence-electron chi connectivity index (χ4n) is 1.88. The summed E-state index contributed by atoms with van der Waals surface area (Å²) < 4.78 is 0. The molecule has 1 unspecified atom stereocenters. The summed E-state index contributed by atoms with van der Waals surface area (Å²) in [6, 6.07) is 8.78. The monoisotopic (exact) mass is 275 g/mol. The second-order valence-electron chi connectivity index (χ2n) is 4.68. The van der Waals surface area contributed by atoms with E-state index in [4.69, 9.17) is 0 Å². The number of nitrogens with one attached hydrogen (secondary N) is 1. The van der Waals surface area contributed by atoms with Crippen LogP contribution in [0, 0.1) is 0 Å². The van der Waals surface area contributed by atoms with Crippen molar-refractivity contribution in [3.63, 3.8) is 0 Å². The molecule has 0 aromatic heterocycles. The molecule has 4 nitrogen and oxygen atoms in total. The molecule has 0 fully saturated rings. The Morgan fingerprint density at radius 3 is 2.50 bits per heavy atom. The zero-order valence-corrected chi connectivity index (χ0v) is 11.9. The molecule has 4 heteroatoms. The number of amides is 1. The van der Waals surface area contributed by atoms with Crippen LogP contribution in [0.5, 0.6) is 0 Å². The third kappa shape index (κ3) is 5.26. The van der Waals surface area contributed by atoms with Crippen LogP contribution in [-0.2, 0) is 16.0 Å². The average molecular weight is 275 g/mol. The van der Waals surface area contributed by atoms with Gasteiger partial charge in [0, 0.05) is 5.57 Å². The van der Waals surface area contributed by atoms with E-state index >= 15 is 0 Å². The fraction of sp³-hybridized carbons (Fsp3) is 0.375. The van der Waals surface area contributed by atoms with Crippen LogP contribution < -0.4 is 5.32 Å². The molecule has 0 heterocycles. The molecule has 0 saturated carbocycles. The van der Waals surface area contributed by atoms with Crippen molar-refractivity contribution in [2.45, 2.75) is 39.2 Å². The lowest BCUT2D eigenvalue weighted by atomic mass is 10.0. The van der Waals surface area contributed by atoms with Crippen molar-refractivity contribution in [1.29, 1.82) is 0 Å². The van der Waals surface area contributed by atoms with Crippen LogP contribution in [0.15, 0.2) is 42.0 Å². The number of benzene rings is 1. The van der Waals surface area contributed by atoms with Gasteiger partial charge in [0.25, 0.3) is 0 Å². The Balaban J connectivity index is 2.59. The van der Waals surface area contributed by atoms with Crippen LogP contribution in [0.25, 0.3) is 0 Å². The minimum Gasteiger partial charge on any atom is -0.480 e. The number of rotatable bonds is 7. The standard InChI is InChI=1S/C16H21NO3/c1-3-7-12(2)15(18)17-14(16(19)20)11-10-13-8-5-4-6-9-13/h4-9,14H,3,10-11H2,1-2H3,(H,17,18)(H,19,20)/b12-7-. The van der Waals surface area contributed by atoms with Gasteiger partial charge in [-0.05, 0) is 31.7 Å². The van der Waals surface area contributed by atoms with E-state index in [1.807, 2.05) is 37.3 Å². The molecule has 1 aromatic rings. The van der Waals surface area contributed by atoms with E-state index in [2.05, 4.69) is 5.32 Å². The topological polar surface area (TPSA) is 66.4 Å². The Labute approximate surface area is 119 Å². The predicted octanol–water partition coefficient (Wildman–Crippen LogP) is 2.54. The third-order valence-corrected chi connectivity index (χ3v) is 3.04. The molecule has 1 rings (SSSR count). The number of carbonyl (C=O) groups excluding carboxylic acids is 1. The maximum absolute atomic E-state index is 11.8. The highest BCUT2D eigenvalue weighted by Crippen LogP contribution is 2.06. The lowest BCUT2D eigenvalue weighted by Gasteiger charge is -2.14. The number of hydrogen-bond acceptors (Lipinski definition) is 2. The number of aliphatic carboxylic acids is 1. The third-order valence-electron chi connectivity index (χ3n) is 3.04. The molecular formula is C16H21NO3. The lowest BCUT2D eigenvalue weighted by Crippen LogP contribution is -2.41. The summed E-state index contributed by atoms with van der Waals surface area (Å²) in [5.74, 6) is -1.31. The zero-order valence-electron chi connectivity index (χ0n) is 11.9. The molecular weight excluding hydrogens is 254 g/mol. The predicted molar refractivity (Wildman–Crippen MR) is 78.4 cm³/mol. The number of carbonyl (C=O) groups is 2. The number of hydrogen-bond donors (Lipinski definition) is 2. The van der Waals surface area contributed by atoms with Gasteiger partial charge in [-0.25, -0.2) is 4.79 Å². The van der Waals surface area contributed by atoms with E-state index in [-0.39, 0.29) is 5.91 Å². The van der Waals surface area contributed by atoms with E-state index in [0.717, 1.165) is 12.0 Å². The normalized spacial score (nSPS) is 12.8. The van der Waals surface area contributed by atoms with Gasteiger partial charge in [0.2, 0.25) is 5.91 Å². The summed E-state index contributed by atoms with van der Waals surface area (Å²) >= 11 is 0. The van der Waals surface area contributed by atoms with Crippen molar-refractivity contribution in [3.05, 3.63) is 47.5 Å². The SMILES string of the molecule is CC/C=C(/C)C(=O)NC(CCc1ccccc1)C(=O)O. The molecule has 20 heavy (non-hydrogen) atoms. The van der Waals surface area contributed by atoms with Crippen molar-refractivity contribution < 1.29 is 14.7 Å². The van der Waals surface area contributed by atoms with Gasteiger partial charge in [0.05, 0.1) is 0 Å². The minimum absolute atomic E-state index is 0.313. The number of allylic oxidation sites excluding steroid dienone is 1. The molecule has 2 N–H and O–H groups in total. The van der Waals surface area contributed by atoms with Crippen LogP contribution in [0.2, 0.25) is 0 Å². The van der Waals surface area contributed by atoms with Crippen LogP contribution in [0.4, 0.5) is 0 Å². The zero-order chi connectivity index (χ0) is 15.0. The molecule has 0 bridgehead atoms. The lowest BCUT2D eigenvalue weighted by molar-refractivity contribution is -0.141. The molecule has 1 amide bonds. The Bertz CT molecular complexity index is 480. The largest absolute Gasteiger partial charge is 0.480 e. The Morgan fingerprint density at radius 2 is 1.95 bits per heavy atom. The average Bonchev–Trinajstić information content (AvgIpc) is 2.44. The van der Waals surface area contributed by atoms with E-state index in [9.17, 15) is 14.7 Å². The van der Waals surface area contributed by atoms with Gasteiger partial charge < -0.3 is 10.4 Å². The Hall–Kier alpha value is -2.10. The summed E-state index contributed by atoms with van der Waals surface area (Å²) in [7, 11) is 0. The summed E-state index contributed by atoms with van der Waals surface area (Å²) in [5, 5.41) is 11.7. The van der Waals surface area contributed by atoms with E-state index in [0.29, 0.717) is 18.4 Å². The fourth-order valence-corrected chi connectivity index (χ4v) is 1.88. The van der Waals surface area contributed by atoms with Gasteiger partial charge in [0.15, 0.2) is 0 Å². The molecule has 0 spiro atoms. The van der Waals surface area contributed by atoms with Crippen molar-refractivity contribution in [1.82, 2.24) is 5.32 Å². The molecule has 0 aliphatic heterocycles. The second-order valence-corrected chi connectivity index (χ2v) is 4.68. The van der Waals surface area contributed by atoms with Gasteiger partial charge in [-0.3, -0.25) is 4.79 Å². The van der Waals surface area contributed by atoms with Crippen LogP contribution in [0.1, 0.15) is 32.3 Å². The van der Waals surface area contributed by atoms with Gasteiger partial charge in [-0.1, -0.05) is 43.3 Å². The van der Waals surface area contributed by atoms with Crippen LogP contribution >= 0.6 is 0 Å². The first-order valence-corrected chi connectivity index (χ1v) is 6.79. The highest BCUT2D eigenvalue weighted by molar-refractivity contribution is 5.95. The highest BCUT2D eigenvalue weighted by Gasteiger charge is 2.20. The van der Waals surface area contributed by atoms with Crippen LogP contribution in [-0.4, -0.2) is 23.0 Å². The maximum Gasteiger partial charge on any atom is 0.326 e. The Kier molecular flexibility index (Phi) is 6.50. The number of carboxylic acid groups (broad SMARTS) is 1. The smallest absolute Gasteiger partial charge is 0.326 e. The van der Waals surface area contributed by atoms with E-state index in [1.54, 1.807) is 13.0 Å². The van der Waals surface area contributed by atoms with E-state index in [1.165, 1.54) is 0 Å². The van der Waals surface area contributed by atoms with Crippen molar-refractivity contribution >= 4 is 11.9 Å². The first-order valence-electron chi connectivity index (χ1n) is 6.79. The molecule has 1 atom stereocenters. The summed E-state index contributed by atoms with van der Waals surface area (Å²) in [6.45, 7) is 3.62. The van der Waals surface area contributed by atoms with Crippen molar-refractivity contribution in [3.8, 4) is 0 Å². The Morgan fingerprint density at radius 1 is 1.30 bits per heavy atom.